The number of rotatable bonds is 4. The Morgan fingerprint density at radius 1 is 1.33 bits per heavy atom. The summed E-state index contributed by atoms with van der Waals surface area (Å²) in [6.45, 7) is 0. The van der Waals surface area contributed by atoms with E-state index in [1.54, 1.807) is 34.9 Å². The number of phenolic OH excluding ortho intramolecular Hbond substituents is 1. The van der Waals surface area contributed by atoms with E-state index in [9.17, 15) is 9.90 Å². The van der Waals surface area contributed by atoms with Crippen LogP contribution < -0.4 is 0 Å². The molecule has 7 nitrogen and oxygen atoms in total. The van der Waals surface area contributed by atoms with Crippen molar-refractivity contribution in [2.45, 2.75) is 6.42 Å². The summed E-state index contributed by atoms with van der Waals surface area (Å²) in [5.41, 5.74) is 1.48. The monoisotopic (exact) mass is 344 g/mol. The van der Waals surface area contributed by atoms with Gasteiger partial charge in [0.2, 0.25) is 0 Å². The maximum Gasteiger partial charge on any atom is 0.311 e. The quantitative estimate of drug-likeness (QED) is 0.575. The molecular weight excluding hydrogens is 332 g/mol. The lowest BCUT2D eigenvalue weighted by atomic mass is 10.3. The first-order valence-corrected chi connectivity index (χ1v) is 7.38. The minimum absolute atomic E-state index is 0.0375. The average molecular weight is 345 g/mol. The zero-order valence-electron chi connectivity index (χ0n) is 12.7. The number of esters is 1. The Labute approximate surface area is 142 Å². The Morgan fingerprint density at radius 3 is 2.92 bits per heavy atom. The van der Waals surface area contributed by atoms with Crippen molar-refractivity contribution >= 4 is 34.7 Å². The zero-order chi connectivity index (χ0) is 17.1. The van der Waals surface area contributed by atoms with Gasteiger partial charge in [-0.1, -0.05) is 17.7 Å². The van der Waals surface area contributed by atoms with Crippen molar-refractivity contribution in [3.63, 3.8) is 0 Å². The second kappa shape index (κ2) is 6.67. The number of hydrogen-bond donors (Lipinski definition) is 1. The van der Waals surface area contributed by atoms with Gasteiger partial charge in [-0.2, -0.15) is 0 Å². The molecule has 0 saturated carbocycles. The van der Waals surface area contributed by atoms with Gasteiger partial charge >= 0.3 is 5.97 Å². The van der Waals surface area contributed by atoms with Crippen molar-refractivity contribution in [1.29, 1.82) is 0 Å². The van der Waals surface area contributed by atoms with E-state index in [1.807, 2.05) is 0 Å². The fourth-order valence-electron chi connectivity index (χ4n) is 2.15. The van der Waals surface area contributed by atoms with Gasteiger partial charge in [-0.25, -0.2) is 4.98 Å². The van der Waals surface area contributed by atoms with Crippen LogP contribution in [0.3, 0.4) is 0 Å². The third kappa shape index (κ3) is 3.36. The van der Waals surface area contributed by atoms with Gasteiger partial charge in [0.05, 0.1) is 29.9 Å². The van der Waals surface area contributed by atoms with Crippen molar-refractivity contribution in [2.75, 3.05) is 7.11 Å². The highest BCUT2D eigenvalue weighted by Gasteiger charge is 2.16. The number of carbonyl (C=O) groups is 1. The number of phenols is 1. The number of methoxy groups -OCH3 is 1. The molecule has 2 aromatic heterocycles. The number of fused-ring (bicyclic) bond motifs is 1. The summed E-state index contributed by atoms with van der Waals surface area (Å²) >= 11 is 6.03. The van der Waals surface area contributed by atoms with Crippen molar-refractivity contribution in [3.8, 4) is 5.75 Å². The molecule has 0 amide bonds. The molecule has 0 aliphatic heterocycles. The van der Waals surface area contributed by atoms with Crippen LogP contribution in [-0.2, 0) is 16.0 Å². The number of pyridine rings is 1. The number of benzene rings is 1. The summed E-state index contributed by atoms with van der Waals surface area (Å²) in [4.78, 5) is 16.0. The minimum Gasteiger partial charge on any atom is -0.508 e. The van der Waals surface area contributed by atoms with E-state index in [0.29, 0.717) is 27.9 Å². The van der Waals surface area contributed by atoms with Gasteiger partial charge in [-0.05, 0) is 24.3 Å². The van der Waals surface area contributed by atoms with E-state index in [2.05, 4.69) is 19.9 Å². The standard InChI is InChI=1S/C16H13ClN4O3/c1-24-15(23)8-13-16(20-19-11-3-2-4-12(22)7-11)21-9-10(17)5-6-14(21)18-13/h2-7,9,22H,8H2,1H3. The molecule has 0 spiro atoms. The number of imidazole rings is 1. The molecule has 0 radical (unpaired) electrons. The minimum atomic E-state index is -0.432. The van der Waals surface area contributed by atoms with Gasteiger partial charge in [0.15, 0.2) is 5.82 Å². The lowest BCUT2D eigenvalue weighted by molar-refractivity contribution is -0.139. The number of aromatic hydroxyl groups is 1. The predicted octanol–water partition coefficient (Wildman–Crippen LogP) is 3.82. The summed E-state index contributed by atoms with van der Waals surface area (Å²) in [6.07, 6.45) is 1.60. The molecule has 0 aliphatic rings. The van der Waals surface area contributed by atoms with Crippen LogP contribution in [0, 0.1) is 0 Å². The molecule has 2 heterocycles. The lowest BCUT2D eigenvalue weighted by Gasteiger charge is -1.99. The fourth-order valence-corrected chi connectivity index (χ4v) is 2.31. The summed E-state index contributed by atoms with van der Waals surface area (Å²) in [5.74, 6) is 0.0296. The third-order valence-electron chi connectivity index (χ3n) is 3.26. The molecule has 0 fully saturated rings. The summed E-state index contributed by atoms with van der Waals surface area (Å²) in [7, 11) is 1.31. The van der Waals surface area contributed by atoms with E-state index in [0.717, 1.165) is 0 Å². The Morgan fingerprint density at radius 2 is 2.17 bits per heavy atom. The van der Waals surface area contributed by atoms with Gasteiger partial charge in [0.25, 0.3) is 0 Å². The molecular formula is C16H13ClN4O3. The van der Waals surface area contributed by atoms with E-state index < -0.39 is 5.97 Å². The van der Waals surface area contributed by atoms with Gasteiger partial charge in [-0.15, -0.1) is 10.2 Å². The number of azo groups is 1. The molecule has 1 N–H and O–H groups in total. The molecule has 0 aliphatic carbocycles. The first kappa shape index (κ1) is 15.9. The SMILES string of the molecule is COC(=O)Cc1nc2ccc(Cl)cn2c1N=Nc1cccc(O)c1. The number of aromatic nitrogens is 2. The smallest absolute Gasteiger partial charge is 0.311 e. The van der Waals surface area contributed by atoms with Crippen molar-refractivity contribution in [2.24, 2.45) is 10.2 Å². The Kier molecular flexibility index (Phi) is 4.43. The fraction of sp³-hybridized carbons (Fsp3) is 0.125. The Hall–Kier alpha value is -2.93. The maximum absolute atomic E-state index is 11.6. The molecule has 122 valence electrons. The molecule has 0 saturated heterocycles. The second-order valence-corrected chi connectivity index (χ2v) is 5.37. The summed E-state index contributed by atoms with van der Waals surface area (Å²) in [5, 5.41) is 18.3. The zero-order valence-corrected chi connectivity index (χ0v) is 13.4. The van der Waals surface area contributed by atoms with Crippen LogP contribution in [0.4, 0.5) is 11.5 Å². The third-order valence-corrected chi connectivity index (χ3v) is 3.48. The van der Waals surface area contributed by atoms with Crippen molar-refractivity contribution < 1.29 is 14.6 Å². The van der Waals surface area contributed by atoms with Crippen LogP contribution in [-0.4, -0.2) is 27.6 Å². The van der Waals surface area contributed by atoms with Gasteiger partial charge < -0.3 is 9.84 Å². The van der Waals surface area contributed by atoms with Gasteiger partial charge in [0.1, 0.15) is 11.4 Å². The number of hydrogen-bond acceptors (Lipinski definition) is 6. The molecule has 0 atom stereocenters. The second-order valence-electron chi connectivity index (χ2n) is 4.93. The molecule has 3 rings (SSSR count). The van der Waals surface area contributed by atoms with Crippen molar-refractivity contribution in [1.82, 2.24) is 9.38 Å². The van der Waals surface area contributed by atoms with E-state index in [1.165, 1.54) is 19.2 Å². The number of carbonyl (C=O) groups excluding carboxylic acids is 1. The molecule has 1 aromatic carbocycles. The highest BCUT2D eigenvalue weighted by Crippen LogP contribution is 2.27. The summed E-state index contributed by atoms with van der Waals surface area (Å²) in [6, 6.07) is 9.78. The summed E-state index contributed by atoms with van der Waals surface area (Å²) < 4.78 is 6.33. The van der Waals surface area contributed by atoms with Crippen LogP contribution in [0.5, 0.6) is 5.75 Å². The number of nitrogens with zero attached hydrogens (tertiary/aromatic N) is 4. The van der Waals surface area contributed by atoms with Crippen LogP contribution >= 0.6 is 11.6 Å². The van der Waals surface area contributed by atoms with Gasteiger partial charge in [-0.3, -0.25) is 9.20 Å². The van der Waals surface area contributed by atoms with Crippen LogP contribution in [0.1, 0.15) is 5.69 Å². The lowest BCUT2D eigenvalue weighted by Crippen LogP contribution is -2.04. The maximum atomic E-state index is 11.6. The molecule has 0 unspecified atom stereocenters. The highest BCUT2D eigenvalue weighted by molar-refractivity contribution is 6.30. The van der Waals surface area contributed by atoms with Crippen LogP contribution in [0.25, 0.3) is 5.65 Å². The highest BCUT2D eigenvalue weighted by atomic mass is 35.5. The number of halogens is 1. The first-order valence-electron chi connectivity index (χ1n) is 7.01. The average Bonchev–Trinajstić information content (AvgIpc) is 2.89. The van der Waals surface area contributed by atoms with E-state index >= 15 is 0 Å². The van der Waals surface area contributed by atoms with Gasteiger partial charge in [0, 0.05) is 12.3 Å². The molecule has 8 heteroatoms. The molecule has 24 heavy (non-hydrogen) atoms. The molecule has 0 bridgehead atoms. The normalized spacial score (nSPS) is 11.2. The van der Waals surface area contributed by atoms with Crippen LogP contribution in [0.15, 0.2) is 52.8 Å². The Balaban J connectivity index is 2.07. The number of ether oxygens (including phenoxy) is 1. The van der Waals surface area contributed by atoms with Crippen LogP contribution in [0.2, 0.25) is 5.02 Å². The molecule has 3 aromatic rings. The van der Waals surface area contributed by atoms with E-state index in [4.69, 9.17) is 11.6 Å². The Bertz CT molecular complexity index is 936. The van der Waals surface area contributed by atoms with Crippen molar-refractivity contribution in [3.05, 3.63) is 53.3 Å². The predicted molar refractivity (Wildman–Crippen MR) is 88.2 cm³/mol. The topological polar surface area (TPSA) is 88.5 Å². The van der Waals surface area contributed by atoms with E-state index in [-0.39, 0.29) is 12.2 Å². The largest absolute Gasteiger partial charge is 0.508 e. The first-order chi connectivity index (χ1) is 11.6.